The number of carbonyl (C=O) groups is 1. The number of nitrogens with one attached hydrogen (secondary N) is 1. The Bertz CT molecular complexity index is 954. The smallest absolute Gasteiger partial charge is 0.262 e. The van der Waals surface area contributed by atoms with Gasteiger partial charge in [0.1, 0.15) is 0 Å². The largest absolute Gasteiger partial charge is 0.376 e. The summed E-state index contributed by atoms with van der Waals surface area (Å²) in [7, 11) is 0. The number of amides is 1. The van der Waals surface area contributed by atoms with E-state index in [9.17, 15) is 9.59 Å². The van der Waals surface area contributed by atoms with E-state index in [2.05, 4.69) is 19.2 Å². The minimum absolute atomic E-state index is 0.00816. The molecule has 6 nitrogen and oxygen atoms in total. The molecule has 1 saturated heterocycles. The van der Waals surface area contributed by atoms with Gasteiger partial charge in [-0.25, -0.2) is 4.98 Å². The van der Waals surface area contributed by atoms with Gasteiger partial charge < -0.3 is 10.1 Å². The highest BCUT2D eigenvalue weighted by molar-refractivity contribution is 7.99. The maximum Gasteiger partial charge on any atom is 0.262 e. The van der Waals surface area contributed by atoms with E-state index in [-0.39, 0.29) is 29.4 Å². The average Bonchev–Trinajstić information content (AvgIpc) is 3.27. The molecule has 0 radical (unpaired) electrons. The first kappa shape index (κ1) is 21.4. The molecule has 1 amide bonds. The molecule has 0 unspecified atom stereocenters. The SMILES string of the molecule is C[C@H]1[C@H](n2c(SCC(=O)NC[C@@H]3CCCO3)nc3ccccc3c2=O)CCC[C@@H]1C. The van der Waals surface area contributed by atoms with Crippen molar-refractivity contribution in [3.05, 3.63) is 34.6 Å². The summed E-state index contributed by atoms with van der Waals surface area (Å²) in [6, 6.07) is 7.62. The molecule has 162 valence electrons. The molecule has 1 N–H and O–H groups in total. The Kier molecular flexibility index (Phi) is 6.78. The molecule has 2 fully saturated rings. The number of carbonyl (C=O) groups excluding carboxylic acids is 1. The molecule has 2 aliphatic rings. The molecule has 1 aliphatic heterocycles. The van der Waals surface area contributed by atoms with E-state index in [0.29, 0.717) is 34.4 Å². The molecular weight excluding hydrogens is 398 g/mol. The molecule has 1 saturated carbocycles. The topological polar surface area (TPSA) is 73.2 Å². The Balaban J connectivity index is 1.57. The zero-order chi connectivity index (χ0) is 21.1. The number of aromatic nitrogens is 2. The molecule has 4 atom stereocenters. The number of fused-ring (bicyclic) bond motifs is 1. The Labute approximate surface area is 181 Å². The lowest BCUT2D eigenvalue weighted by Crippen LogP contribution is -2.36. The van der Waals surface area contributed by atoms with Crippen molar-refractivity contribution in [1.29, 1.82) is 0 Å². The van der Waals surface area contributed by atoms with Crippen molar-refractivity contribution >= 4 is 28.6 Å². The van der Waals surface area contributed by atoms with Crippen LogP contribution in [-0.4, -0.2) is 40.5 Å². The first-order chi connectivity index (χ1) is 14.5. The average molecular weight is 430 g/mol. The van der Waals surface area contributed by atoms with Crippen LogP contribution in [0.4, 0.5) is 0 Å². The van der Waals surface area contributed by atoms with Crippen molar-refractivity contribution in [2.75, 3.05) is 18.9 Å². The highest BCUT2D eigenvalue weighted by atomic mass is 32.2. The lowest BCUT2D eigenvalue weighted by atomic mass is 9.78. The molecule has 2 heterocycles. The van der Waals surface area contributed by atoms with Gasteiger partial charge in [-0.3, -0.25) is 14.2 Å². The minimum atomic E-state index is -0.0467. The monoisotopic (exact) mass is 429 g/mol. The predicted molar refractivity (Wildman–Crippen MR) is 120 cm³/mol. The lowest BCUT2D eigenvalue weighted by molar-refractivity contribution is -0.119. The molecule has 30 heavy (non-hydrogen) atoms. The summed E-state index contributed by atoms with van der Waals surface area (Å²) in [5.41, 5.74) is 0.700. The first-order valence-corrected chi connectivity index (χ1v) is 12.1. The van der Waals surface area contributed by atoms with Crippen LogP contribution in [0.15, 0.2) is 34.2 Å². The van der Waals surface area contributed by atoms with Gasteiger partial charge in [0, 0.05) is 19.2 Å². The summed E-state index contributed by atoms with van der Waals surface area (Å²) in [4.78, 5) is 30.7. The van der Waals surface area contributed by atoms with Crippen LogP contribution in [0, 0.1) is 11.8 Å². The van der Waals surface area contributed by atoms with Gasteiger partial charge in [0.15, 0.2) is 5.16 Å². The molecule has 1 aliphatic carbocycles. The fourth-order valence-corrected chi connectivity index (χ4v) is 5.53. The van der Waals surface area contributed by atoms with Crippen LogP contribution < -0.4 is 10.9 Å². The normalized spacial score (nSPS) is 26.7. The molecule has 1 aromatic heterocycles. The van der Waals surface area contributed by atoms with E-state index in [0.717, 1.165) is 32.3 Å². The molecule has 2 aromatic rings. The molecule has 7 heteroatoms. The second-order valence-corrected chi connectivity index (χ2v) is 9.59. The number of hydrogen-bond acceptors (Lipinski definition) is 5. The van der Waals surface area contributed by atoms with Gasteiger partial charge >= 0.3 is 0 Å². The quantitative estimate of drug-likeness (QED) is 0.559. The van der Waals surface area contributed by atoms with Crippen molar-refractivity contribution in [2.24, 2.45) is 11.8 Å². The van der Waals surface area contributed by atoms with Gasteiger partial charge in [0.05, 0.1) is 22.8 Å². The molecule has 1 aromatic carbocycles. The maximum absolute atomic E-state index is 13.4. The van der Waals surface area contributed by atoms with Crippen molar-refractivity contribution < 1.29 is 9.53 Å². The number of rotatable bonds is 6. The summed E-state index contributed by atoms with van der Waals surface area (Å²) in [6.07, 6.45) is 5.46. The van der Waals surface area contributed by atoms with Gasteiger partial charge in [-0.05, 0) is 43.2 Å². The first-order valence-electron chi connectivity index (χ1n) is 11.1. The van der Waals surface area contributed by atoms with Crippen LogP contribution in [0.2, 0.25) is 0 Å². The van der Waals surface area contributed by atoms with Gasteiger partial charge in [0.25, 0.3) is 5.56 Å². The second kappa shape index (κ2) is 9.52. The van der Waals surface area contributed by atoms with Crippen molar-refractivity contribution in [3.8, 4) is 0 Å². The molecular formula is C23H31N3O3S. The van der Waals surface area contributed by atoms with E-state index in [1.807, 2.05) is 28.8 Å². The fraction of sp³-hybridized carbons (Fsp3) is 0.609. The van der Waals surface area contributed by atoms with Crippen LogP contribution in [0.3, 0.4) is 0 Å². The number of hydrogen-bond donors (Lipinski definition) is 1. The van der Waals surface area contributed by atoms with Crippen LogP contribution in [0.1, 0.15) is 52.0 Å². The summed E-state index contributed by atoms with van der Waals surface area (Å²) in [6.45, 7) is 5.83. The van der Waals surface area contributed by atoms with E-state index in [1.54, 1.807) is 0 Å². The Morgan fingerprint density at radius 3 is 2.87 bits per heavy atom. The Hall–Kier alpha value is -1.86. The van der Waals surface area contributed by atoms with E-state index < -0.39 is 0 Å². The van der Waals surface area contributed by atoms with Crippen molar-refractivity contribution in [3.63, 3.8) is 0 Å². The van der Waals surface area contributed by atoms with Crippen LogP contribution in [0.25, 0.3) is 10.9 Å². The summed E-state index contributed by atoms with van der Waals surface area (Å²) >= 11 is 1.36. The zero-order valence-corrected chi connectivity index (χ0v) is 18.6. The third-order valence-corrected chi connectivity index (χ3v) is 7.61. The Morgan fingerprint density at radius 1 is 1.23 bits per heavy atom. The van der Waals surface area contributed by atoms with E-state index in [4.69, 9.17) is 9.72 Å². The number of thioether (sulfide) groups is 1. The van der Waals surface area contributed by atoms with E-state index >= 15 is 0 Å². The second-order valence-electron chi connectivity index (χ2n) is 8.65. The van der Waals surface area contributed by atoms with Gasteiger partial charge in [-0.15, -0.1) is 0 Å². The maximum atomic E-state index is 13.4. The third-order valence-electron chi connectivity index (χ3n) is 6.65. The van der Waals surface area contributed by atoms with E-state index in [1.165, 1.54) is 18.2 Å². The van der Waals surface area contributed by atoms with Gasteiger partial charge in [-0.2, -0.15) is 0 Å². The number of ether oxygens (including phenoxy) is 1. The number of benzene rings is 1. The predicted octanol–water partition coefficient (Wildman–Crippen LogP) is 3.78. The highest BCUT2D eigenvalue weighted by Gasteiger charge is 2.31. The van der Waals surface area contributed by atoms with Crippen molar-refractivity contribution in [1.82, 2.24) is 14.9 Å². The zero-order valence-electron chi connectivity index (χ0n) is 17.8. The molecule has 0 spiro atoms. The fourth-order valence-electron chi connectivity index (χ4n) is 4.65. The van der Waals surface area contributed by atoms with Gasteiger partial charge in [0.2, 0.25) is 5.91 Å². The summed E-state index contributed by atoms with van der Waals surface area (Å²) in [5, 5.41) is 4.26. The van der Waals surface area contributed by atoms with Crippen LogP contribution in [0.5, 0.6) is 0 Å². The summed E-state index contributed by atoms with van der Waals surface area (Å²) in [5.74, 6) is 1.16. The highest BCUT2D eigenvalue weighted by Crippen LogP contribution is 2.38. The minimum Gasteiger partial charge on any atom is -0.376 e. The standard InChI is InChI=1S/C23H31N3O3S/c1-15-7-5-11-20(16(15)2)26-22(28)18-9-3-4-10-19(18)25-23(26)30-14-21(27)24-13-17-8-6-12-29-17/h3-4,9-10,15-17,20H,5-8,11-14H2,1-2H3,(H,24,27)/t15-,16+,17-,20+/m0/s1. The van der Waals surface area contributed by atoms with Gasteiger partial charge in [-0.1, -0.05) is 50.6 Å². The number of nitrogens with zero attached hydrogens (tertiary/aromatic N) is 2. The Morgan fingerprint density at radius 2 is 2.07 bits per heavy atom. The van der Waals surface area contributed by atoms with Crippen LogP contribution >= 0.6 is 11.8 Å². The molecule has 4 rings (SSSR count). The van der Waals surface area contributed by atoms with Crippen molar-refractivity contribution in [2.45, 2.75) is 63.3 Å². The number of para-hydroxylation sites is 1. The lowest BCUT2D eigenvalue weighted by Gasteiger charge is -2.36. The third kappa shape index (κ3) is 4.57. The molecule has 0 bridgehead atoms. The summed E-state index contributed by atoms with van der Waals surface area (Å²) < 4.78 is 7.45. The van der Waals surface area contributed by atoms with Crippen LogP contribution in [-0.2, 0) is 9.53 Å².